The van der Waals surface area contributed by atoms with Crippen LogP contribution in [0.4, 0.5) is 0 Å². The number of amides is 1. The average molecular weight is 278 g/mol. The molecule has 1 rings (SSSR count). The lowest BCUT2D eigenvalue weighted by atomic mass is 9.87. The third kappa shape index (κ3) is 5.82. The van der Waals surface area contributed by atoms with E-state index in [2.05, 4.69) is 10.3 Å². The zero-order valence-electron chi connectivity index (χ0n) is 12.4. The molecule has 0 spiro atoms. The second-order valence-electron chi connectivity index (χ2n) is 6.28. The van der Waals surface area contributed by atoms with Gasteiger partial charge in [-0.25, -0.2) is 0 Å². The van der Waals surface area contributed by atoms with E-state index in [-0.39, 0.29) is 23.8 Å². The number of carboxylic acids is 1. The molecule has 1 aromatic heterocycles. The van der Waals surface area contributed by atoms with Crippen LogP contribution in [0.15, 0.2) is 18.5 Å². The Morgan fingerprint density at radius 3 is 2.50 bits per heavy atom. The number of nitrogens with zero attached hydrogens (tertiary/aromatic N) is 1. The summed E-state index contributed by atoms with van der Waals surface area (Å²) in [4.78, 5) is 27.0. The van der Waals surface area contributed by atoms with Gasteiger partial charge in [0.25, 0.3) is 5.91 Å². The number of aromatic nitrogens is 1. The third-order valence-electron chi connectivity index (χ3n) is 2.75. The molecule has 0 aliphatic rings. The standard InChI is InChI=1S/C15H22N2O3/c1-10-5-11(9-16-8-10)14(20)17-12(6-13(18)19)7-15(2,3)4/h5,8-9,12H,6-7H2,1-4H3,(H,17,20)(H,18,19). The van der Waals surface area contributed by atoms with Gasteiger partial charge in [0.05, 0.1) is 12.0 Å². The first-order chi connectivity index (χ1) is 9.17. The van der Waals surface area contributed by atoms with Crippen LogP contribution in [0.3, 0.4) is 0 Å². The first-order valence-corrected chi connectivity index (χ1v) is 6.62. The molecule has 1 unspecified atom stereocenters. The van der Waals surface area contributed by atoms with E-state index >= 15 is 0 Å². The molecular formula is C15H22N2O3. The van der Waals surface area contributed by atoms with Crippen LogP contribution in [0, 0.1) is 12.3 Å². The van der Waals surface area contributed by atoms with Gasteiger partial charge in [0.15, 0.2) is 0 Å². The second-order valence-corrected chi connectivity index (χ2v) is 6.28. The topological polar surface area (TPSA) is 79.3 Å². The van der Waals surface area contributed by atoms with Crippen molar-refractivity contribution in [3.8, 4) is 0 Å². The van der Waals surface area contributed by atoms with Crippen LogP contribution in [0.1, 0.15) is 49.5 Å². The van der Waals surface area contributed by atoms with Crippen molar-refractivity contribution >= 4 is 11.9 Å². The minimum absolute atomic E-state index is 0.0573. The van der Waals surface area contributed by atoms with E-state index in [1.54, 1.807) is 12.3 Å². The fourth-order valence-electron chi connectivity index (χ4n) is 2.07. The van der Waals surface area contributed by atoms with Gasteiger partial charge in [0, 0.05) is 18.4 Å². The van der Waals surface area contributed by atoms with Crippen LogP contribution in [0.5, 0.6) is 0 Å². The molecule has 5 nitrogen and oxygen atoms in total. The zero-order valence-corrected chi connectivity index (χ0v) is 12.4. The molecule has 20 heavy (non-hydrogen) atoms. The highest BCUT2D eigenvalue weighted by Gasteiger charge is 2.23. The summed E-state index contributed by atoms with van der Waals surface area (Å²) in [6, 6.07) is 1.34. The van der Waals surface area contributed by atoms with Crippen molar-refractivity contribution in [2.45, 2.75) is 46.6 Å². The summed E-state index contributed by atoms with van der Waals surface area (Å²) < 4.78 is 0. The summed E-state index contributed by atoms with van der Waals surface area (Å²) in [6.07, 6.45) is 3.67. The van der Waals surface area contributed by atoms with Gasteiger partial charge in [-0.3, -0.25) is 14.6 Å². The molecule has 0 aliphatic carbocycles. The smallest absolute Gasteiger partial charge is 0.305 e. The Morgan fingerprint density at radius 2 is 2.00 bits per heavy atom. The van der Waals surface area contributed by atoms with Crippen LogP contribution >= 0.6 is 0 Å². The normalized spacial score (nSPS) is 12.8. The summed E-state index contributed by atoms with van der Waals surface area (Å²) in [5, 5.41) is 11.7. The van der Waals surface area contributed by atoms with Crippen molar-refractivity contribution in [3.63, 3.8) is 0 Å². The maximum absolute atomic E-state index is 12.1. The number of rotatable bonds is 5. The van der Waals surface area contributed by atoms with Crippen molar-refractivity contribution in [1.29, 1.82) is 0 Å². The lowest BCUT2D eigenvalue weighted by Gasteiger charge is -2.25. The number of aliphatic carboxylic acids is 1. The van der Waals surface area contributed by atoms with Crippen molar-refractivity contribution < 1.29 is 14.7 Å². The Balaban J connectivity index is 2.78. The first kappa shape index (κ1) is 16.1. The summed E-state index contributed by atoms with van der Waals surface area (Å²) in [5.74, 6) is -1.20. The minimum atomic E-state index is -0.915. The Labute approximate surface area is 119 Å². The molecule has 5 heteroatoms. The quantitative estimate of drug-likeness (QED) is 0.866. The number of carbonyl (C=O) groups excluding carboxylic acids is 1. The predicted molar refractivity (Wildman–Crippen MR) is 76.6 cm³/mol. The lowest BCUT2D eigenvalue weighted by molar-refractivity contribution is -0.137. The van der Waals surface area contributed by atoms with Crippen molar-refractivity contribution in [2.75, 3.05) is 0 Å². The van der Waals surface area contributed by atoms with Crippen LogP contribution in [0.25, 0.3) is 0 Å². The van der Waals surface area contributed by atoms with Crippen LogP contribution in [0.2, 0.25) is 0 Å². The molecule has 0 bridgehead atoms. The van der Waals surface area contributed by atoms with Crippen molar-refractivity contribution in [3.05, 3.63) is 29.6 Å². The Morgan fingerprint density at radius 1 is 1.35 bits per heavy atom. The van der Waals surface area contributed by atoms with E-state index in [4.69, 9.17) is 5.11 Å². The number of aryl methyl sites for hydroxylation is 1. The minimum Gasteiger partial charge on any atom is -0.481 e. The van der Waals surface area contributed by atoms with Gasteiger partial charge >= 0.3 is 5.97 Å². The number of hydrogen-bond acceptors (Lipinski definition) is 3. The molecule has 0 saturated heterocycles. The number of carboxylic acid groups (broad SMARTS) is 1. The van der Waals surface area contributed by atoms with E-state index in [0.717, 1.165) is 5.56 Å². The van der Waals surface area contributed by atoms with E-state index in [1.165, 1.54) is 6.20 Å². The Hall–Kier alpha value is -1.91. The highest BCUT2D eigenvalue weighted by molar-refractivity contribution is 5.94. The molecule has 2 N–H and O–H groups in total. The molecule has 0 aliphatic heterocycles. The number of pyridine rings is 1. The fraction of sp³-hybridized carbons (Fsp3) is 0.533. The molecule has 0 aromatic carbocycles. The van der Waals surface area contributed by atoms with Gasteiger partial charge in [-0.1, -0.05) is 20.8 Å². The zero-order chi connectivity index (χ0) is 15.3. The van der Waals surface area contributed by atoms with Gasteiger partial charge < -0.3 is 10.4 Å². The van der Waals surface area contributed by atoms with Crippen LogP contribution in [-0.2, 0) is 4.79 Å². The largest absolute Gasteiger partial charge is 0.481 e. The second kappa shape index (κ2) is 6.50. The highest BCUT2D eigenvalue weighted by atomic mass is 16.4. The van der Waals surface area contributed by atoms with E-state index in [0.29, 0.717) is 12.0 Å². The molecule has 0 saturated carbocycles. The van der Waals surface area contributed by atoms with Gasteiger partial charge in [-0.2, -0.15) is 0 Å². The van der Waals surface area contributed by atoms with Crippen LogP contribution < -0.4 is 5.32 Å². The number of hydrogen-bond donors (Lipinski definition) is 2. The molecule has 110 valence electrons. The maximum atomic E-state index is 12.1. The number of nitrogens with one attached hydrogen (secondary N) is 1. The van der Waals surface area contributed by atoms with Gasteiger partial charge in [-0.15, -0.1) is 0 Å². The predicted octanol–water partition coefficient (Wildman–Crippen LogP) is 2.40. The molecular weight excluding hydrogens is 256 g/mol. The molecule has 0 fully saturated rings. The Kier molecular flexibility index (Phi) is 5.25. The first-order valence-electron chi connectivity index (χ1n) is 6.62. The third-order valence-corrected chi connectivity index (χ3v) is 2.75. The number of carbonyl (C=O) groups is 2. The molecule has 1 heterocycles. The molecule has 1 aromatic rings. The van der Waals surface area contributed by atoms with Crippen molar-refractivity contribution in [1.82, 2.24) is 10.3 Å². The monoisotopic (exact) mass is 278 g/mol. The van der Waals surface area contributed by atoms with E-state index in [1.807, 2.05) is 27.7 Å². The fourth-order valence-corrected chi connectivity index (χ4v) is 2.07. The van der Waals surface area contributed by atoms with E-state index < -0.39 is 5.97 Å². The van der Waals surface area contributed by atoms with Crippen molar-refractivity contribution in [2.24, 2.45) is 5.41 Å². The van der Waals surface area contributed by atoms with Gasteiger partial charge in [-0.05, 0) is 30.4 Å². The van der Waals surface area contributed by atoms with Gasteiger partial charge in [0.2, 0.25) is 0 Å². The van der Waals surface area contributed by atoms with Gasteiger partial charge in [0.1, 0.15) is 0 Å². The maximum Gasteiger partial charge on any atom is 0.305 e. The average Bonchev–Trinajstić information content (AvgIpc) is 2.25. The van der Waals surface area contributed by atoms with Crippen LogP contribution in [-0.4, -0.2) is 28.0 Å². The summed E-state index contributed by atoms with van der Waals surface area (Å²) >= 11 is 0. The van der Waals surface area contributed by atoms with E-state index in [9.17, 15) is 9.59 Å². The molecule has 1 atom stereocenters. The SMILES string of the molecule is Cc1cncc(C(=O)NC(CC(=O)O)CC(C)(C)C)c1. The lowest BCUT2D eigenvalue weighted by Crippen LogP contribution is -2.39. The summed E-state index contributed by atoms with van der Waals surface area (Å²) in [5.41, 5.74) is 1.29. The Bertz CT molecular complexity index is 492. The molecule has 0 radical (unpaired) electrons. The molecule has 1 amide bonds. The summed E-state index contributed by atoms with van der Waals surface area (Å²) in [7, 11) is 0. The summed E-state index contributed by atoms with van der Waals surface area (Å²) in [6.45, 7) is 7.90. The highest BCUT2D eigenvalue weighted by Crippen LogP contribution is 2.22.